The highest BCUT2D eigenvalue weighted by molar-refractivity contribution is 5.44. The quantitative estimate of drug-likeness (QED) is 0.602. The van der Waals surface area contributed by atoms with Crippen LogP contribution in [0, 0.1) is 0 Å². The fourth-order valence-electron chi connectivity index (χ4n) is 0.679. The maximum atomic E-state index is 5.13. The first-order chi connectivity index (χ1) is 4.93. The second kappa shape index (κ2) is 5.32. The molecule has 6 N–H and O–H groups in total. The first-order valence-corrected chi connectivity index (χ1v) is 3.12. The van der Waals surface area contributed by atoms with Crippen molar-refractivity contribution >= 4 is 5.69 Å². The third kappa shape index (κ3) is 3.27. The molecule has 0 saturated carbocycles. The first-order valence-electron chi connectivity index (χ1n) is 3.12. The summed E-state index contributed by atoms with van der Waals surface area (Å²) in [4.78, 5) is 0. The van der Waals surface area contributed by atoms with Gasteiger partial charge in [0.15, 0.2) is 0 Å². The number of nitrogens with one attached hydrogen (secondary N) is 1. The van der Waals surface area contributed by atoms with Crippen LogP contribution in [0.3, 0.4) is 0 Å². The van der Waals surface area contributed by atoms with Crippen LogP contribution in [0.2, 0.25) is 0 Å². The summed E-state index contributed by atoms with van der Waals surface area (Å²) in [7, 11) is 0. The molecule has 0 spiro atoms. The van der Waals surface area contributed by atoms with Gasteiger partial charge in [-0.05, 0) is 12.1 Å². The van der Waals surface area contributed by atoms with E-state index in [4.69, 9.17) is 5.73 Å². The Hall–Kier alpha value is -1.48. The minimum atomic E-state index is 0. The zero-order chi connectivity index (χ0) is 7.23. The van der Waals surface area contributed by atoms with E-state index < -0.39 is 0 Å². The molecular formula is C8H13N3. The Kier molecular flexibility index (Phi) is 4.60. The molecule has 0 heterocycles. The number of para-hydroxylation sites is 1. The van der Waals surface area contributed by atoms with E-state index in [1.54, 1.807) is 6.20 Å². The molecule has 0 fully saturated rings. The van der Waals surface area contributed by atoms with Crippen molar-refractivity contribution in [2.24, 2.45) is 5.73 Å². The Balaban J connectivity index is 0.000001000. The van der Waals surface area contributed by atoms with Gasteiger partial charge < -0.3 is 17.2 Å². The maximum Gasteiger partial charge on any atom is 0.0380 e. The van der Waals surface area contributed by atoms with Gasteiger partial charge in [-0.1, -0.05) is 18.2 Å². The molecule has 0 amide bonds. The molecule has 0 unspecified atom stereocenters. The maximum absolute atomic E-state index is 5.13. The summed E-state index contributed by atoms with van der Waals surface area (Å²) in [5.41, 5.74) is 6.18. The van der Waals surface area contributed by atoms with Gasteiger partial charge >= 0.3 is 0 Å². The van der Waals surface area contributed by atoms with Crippen LogP contribution in [-0.2, 0) is 0 Å². The molecule has 60 valence electrons. The van der Waals surface area contributed by atoms with Gasteiger partial charge in [0.25, 0.3) is 0 Å². The summed E-state index contributed by atoms with van der Waals surface area (Å²) in [5.74, 6) is 0. The molecule has 0 radical (unpaired) electrons. The van der Waals surface area contributed by atoms with Crippen molar-refractivity contribution in [3.8, 4) is 0 Å². The van der Waals surface area contributed by atoms with Crippen LogP contribution in [0.25, 0.3) is 0 Å². The molecule has 0 aromatic heterocycles. The van der Waals surface area contributed by atoms with Crippen LogP contribution in [0.15, 0.2) is 42.7 Å². The van der Waals surface area contributed by atoms with Crippen molar-refractivity contribution in [2.45, 2.75) is 0 Å². The lowest BCUT2D eigenvalue weighted by molar-refractivity contribution is 1.52. The molecular weight excluding hydrogens is 138 g/mol. The van der Waals surface area contributed by atoms with Crippen molar-refractivity contribution < 1.29 is 0 Å². The highest BCUT2D eigenvalue weighted by Crippen LogP contribution is 2.03. The molecule has 0 aliphatic heterocycles. The Labute approximate surface area is 66.5 Å². The van der Waals surface area contributed by atoms with Crippen molar-refractivity contribution in [3.05, 3.63) is 42.7 Å². The Bertz CT molecular complexity index is 206. The zero-order valence-electron chi connectivity index (χ0n) is 6.33. The average Bonchev–Trinajstić information content (AvgIpc) is 2.03. The van der Waals surface area contributed by atoms with Crippen molar-refractivity contribution in [3.63, 3.8) is 0 Å². The van der Waals surface area contributed by atoms with Gasteiger partial charge in [0.1, 0.15) is 0 Å². The third-order valence-electron chi connectivity index (χ3n) is 1.12. The lowest BCUT2D eigenvalue weighted by atomic mass is 10.3. The Morgan fingerprint density at radius 1 is 1.18 bits per heavy atom. The molecule has 1 rings (SSSR count). The molecule has 0 atom stereocenters. The average molecular weight is 151 g/mol. The third-order valence-corrected chi connectivity index (χ3v) is 1.12. The monoisotopic (exact) mass is 151 g/mol. The number of rotatable bonds is 2. The van der Waals surface area contributed by atoms with E-state index in [-0.39, 0.29) is 6.15 Å². The van der Waals surface area contributed by atoms with Gasteiger partial charge in [0, 0.05) is 18.1 Å². The van der Waals surface area contributed by atoms with E-state index in [0.717, 1.165) is 5.69 Å². The predicted octanol–water partition coefficient (Wildman–Crippen LogP) is 1.69. The fourth-order valence-corrected chi connectivity index (χ4v) is 0.679. The summed E-state index contributed by atoms with van der Waals surface area (Å²) >= 11 is 0. The van der Waals surface area contributed by atoms with E-state index in [1.165, 1.54) is 6.20 Å². The standard InChI is InChI=1S/C8H10N2.H3N/c9-6-7-10-8-4-2-1-3-5-8;/h1-7,10H,9H2;1H3/b7-6-;. The molecule has 1 aromatic carbocycles. The van der Waals surface area contributed by atoms with Crippen LogP contribution >= 0.6 is 0 Å². The predicted molar refractivity (Wildman–Crippen MR) is 48.4 cm³/mol. The highest BCUT2D eigenvalue weighted by atomic mass is 14.8. The number of anilines is 1. The molecule has 3 heteroatoms. The Morgan fingerprint density at radius 3 is 2.36 bits per heavy atom. The van der Waals surface area contributed by atoms with E-state index in [1.807, 2.05) is 30.3 Å². The lowest BCUT2D eigenvalue weighted by Gasteiger charge is -1.96. The summed E-state index contributed by atoms with van der Waals surface area (Å²) in [6, 6.07) is 9.84. The van der Waals surface area contributed by atoms with Crippen LogP contribution in [0.1, 0.15) is 0 Å². The molecule has 0 aliphatic rings. The topological polar surface area (TPSA) is 73.0 Å². The molecule has 3 nitrogen and oxygen atoms in total. The van der Waals surface area contributed by atoms with E-state index >= 15 is 0 Å². The van der Waals surface area contributed by atoms with Gasteiger partial charge in [-0.2, -0.15) is 0 Å². The smallest absolute Gasteiger partial charge is 0.0380 e. The lowest BCUT2D eigenvalue weighted by Crippen LogP contribution is -1.88. The van der Waals surface area contributed by atoms with Crippen LogP contribution in [0.4, 0.5) is 5.69 Å². The van der Waals surface area contributed by atoms with Gasteiger partial charge in [-0.25, -0.2) is 0 Å². The van der Waals surface area contributed by atoms with E-state index in [2.05, 4.69) is 5.32 Å². The van der Waals surface area contributed by atoms with E-state index in [0.29, 0.717) is 0 Å². The van der Waals surface area contributed by atoms with Crippen LogP contribution in [0.5, 0.6) is 0 Å². The van der Waals surface area contributed by atoms with Gasteiger partial charge in [-0.3, -0.25) is 0 Å². The fraction of sp³-hybridized carbons (Fsp3) is 0. The van der Waals surface area contributed by atoms with Crippen molar-refractivity contribution in [2.75, 3.05) is 5.32 Å². The first kappa shape index (κ1) is 9.52. The molecule has 1 aromatic rings. The van der Waals surface area contributed by atoms with Crippen molar-refractivity contribution in [1.29, 1.82) is 0 Å². The number of benzene rings is 1. The van der Waals surface area contributed by atoms with Crippen LogP contribution < -0.4 is 17.2 Å². The number of hydrogen-bond donors (Lipinski definition) is 3. The molecule has 0 aliphatic carbocycles. The van der Waals surface area contributed by atoms with Gasteiger partial charge in [0.2, 0.25) is 0 Å². The SMILES string of the molecule is N.N/C=C\Nc1ccccc1. The van der Waals surface area contributed by atoms with Gasteiger partial charge in [-0.15, -0.1) is 0 Å². The molecule has 0 bridgehead atoms. The summed E-state index contributed by atoms with van der Waals surface area (Å²) < 4.78 is 0. The molecule has 11 heavy (non-hydrogen) atoms. The normalized spacial score (nSPS) is 9.09. The summed E-state index contributed by atoms with van der Waals surface area (Å²) in [6.07, 6.45) is 3.16. The Morgan fingerprint density at radius 2 is 1.82 bits per heavy atom. The highest BCUT2D eigenvalue weighted by Gasteiger charge is 1.80. The number of nitrogens with two attached hydrogens (primary N) is 1. The number of hydrogen-bond acceptors (Lipinski definition) is 3. The van der Waals surface area contributed by atoms with Gasteiger partial charge in [0.05, 0.1) is 0 Å². The largest absolute Gasteiger partial charge is 0.403 e. The van der Waals surface area contributed by atoms with Crippen molar-refractivity contribution in [1.82, 2.24) is 6.15 Å². The zero-order valence-corrected chi connectivity index (χ0v) is 6.33. The summed E-state index contributed by atoms with van der Waals surface area (Å²) in [5, 5.41) is 2.99. The second-order valence-electron chi connectivity index (χ2n) is 1.87. The van der Waals surface area contributed by atoms with Crippen LogP contribution in [-0.4, -0.2) is 0 Å². The minimum Gasteiger partial charge on any atom is -0.403 e. The second-order valence-corrected chi connectivity index (χ2v) is 1.87. The minimum absolute atomic E-state index is 0. The summed E-state index contributed by atoms with van der Waals surface area (Å²) in [6.45, 7) is 0. The van der Waals surface area contributed by atoms with E-state index in [9.17, 15) is 0 Å². The molecule has 0 saturated heterocycles.